The van der Waals surface area contributed by atoms with Crippen molar-refractivity contribution < 1.29 is 19.5 Å². The maximum Gasteiger partial charge on any atom is 0.335 e. The Kier molecular flexibility index (Phi) is 4.31. The molecule has 1 atom stereocenters. The Hall–Kier alpha value is -3.32. The number of amides is 3. The number of carboxylic acids is 1. The third kappa shape index (κ3) is 2.90. The lowest BCUT2D eigenvalue weighted by Gasteiger charge is -2.31. The van der Waals surface area contributed by atoms with Crippen molar-refractivity contribution in [3.05, 3.63) is 76.0 Å². The Morgan fingerprint density at radius 2 is 1.75 bits per heavy atom. The quantitative estimate of drug-likeness (QED) is 0.833. The third-order valence-corrected chi connectivity index (χ3v) is 5.24. The Balaban J connectivity index is 1.71. The zero-order valence-corrected chi connectivity index (χ0v) is 15.6. The molecule has 2 aliphatic rings. The summed E-state index contributed by atoms with van der Waals surface area (Å²) in [7, 11) is 1.62. The summed E-state index contributed by atoms with van der Waals surface area (Å²) in [5.74, 6) is -1.26. The second kappa shape index (κ2) is 6.69. The van der Waals surface area contributed by atoms with Crippen molar-refractivity contribution in [3.8, 4) is 0 Å². The summed E-state index contributed by atoms with van der Waals surface area (Å²) in [6.07, 6.45) is 0. The predicted octanol–water partition coefficient (Wildman–Crippen LogP) is 3.04. The molecule has 142 valence electrons. The number of urea groups is 1. The number of anilines is 1. The Labute approximate surface area is 165 Å². The van der Waals surface area contributed by atoms with E-state index in [0.717, 1.165) is 5.56 Å². The molecule has 0 fully saturated rings. The molecular formula is C20H16ClN3O4. The number of hydrogen-bond acceptors (Lipinski definition) is 3. The fourth-order valence-electron chi connectivity index (χ4n) is 3.47. The van der Waals surface area contributed by atoms with Crippen molar-refractivity contribution >= 4 is 35.2 Å². The molecule has 0 bridgehead atoms. The van der Waals surface area contributed by atoms with E-state index in [-0.39, 0.29) is 24.0 Å². The maximum absolute atomic E-state index is 13.2. The van der Waals surface area contributed by atoms with Crippen LogP contribution in [0, 0.1) is 0 Å². The molecule has 2 N–H and O–H groups in total. The molecule has 4 rings (SSSR count). The van der Waals surface area contributed by atoms with Crippen LogP contribution in [0.3, 0.4) is 0 Å². The number of rotatable bonds is 3. The molecule has 8 heteroatoms. The first-order chi connectivity index (χ1) is 13.4. The van der Waals surface area contributed by atoms with Crippen LogP contribution in [0.1, 0.15) is 22.0 Å². The molecule has 0 saturated carbocycles. The molecule has 1 unspecified atom stereocenters. The topological polar surface area (TPSA) is 90.0 Å². The lowest BCUT2D eigenvalue weighted by Crippen LogP contribution is -2.45. The summed E-state index contributed by atoms with van der Waals surface area (Å²) in [5.41, 5.74) is 2.58. The number of halogens is 1. The Morgan fingerprint density at radius 1 is 1.11 bits per heavy atom. The number of carbonyl (C=O) groups is 3. The van der Waals surface area contributed by atoms with Crippen molar-refractivity contribution in [1.82, 2.24) is 10.2 Å². The van der Waals surface area contributed by atoms with Gasteiger partial charge in [-0.1, -0.05) is 23.7 Å². The highest BCUT2D eigenvalue weighted by molar-refractivity contribution is 6.30. The minimum atomic E-state index is -1.03. The number of carbonyl (C=O) groups excluding carboxylic acids is 2. The molecule has 2 heterocycles. The molecule has 28 heavy (non-hydrogen) atoms. The molecule has 7 nitrogen and oxygen atoms in total. The van der Waals surface area contributed by atoms with E-state index in [1.54, 1.807) is 43.4 Å². The third-order valence-electron chi connectivity index (χ3n) is 4.99. The van der Waals surface area contributed by atoms with Crippen LogP contribution in [-0.4, -0.2) is 41.5 Å². The largest absolute Gasteiger partial charge is 0.478 e. The van der Waals surface area contributed by atoms with Crippen molar-refractivity contribution in [1.29, 1.82) is 0 Å². The highest BCUT2D eigenvalue weighted by atomic mass is 35.5. The van der Waals surface area contributed by atoms with E-state index in [4.69, 9.17) is 16.7 Å². The monoisotopic (exact) mass is 397 g/mol. The summed E-state index contributed by atoms with van der Waals surface area (Å²) in [6, 6.07) is 12.2. The molecule has 0 saturated heterocycles. The van der Waals surface area contributed by atoms with Gasteiger partial charge in [0.25, 0.3) is 5.91 Å². The number of benzene rings is 2. The first-order valence-corrected chi connectivity index (χ1v) is 8.92. The number of likely N-dealkylation sites (N-methyl/N-ethyl adjacent to an activating group) is 1. The fraction of sp³-hybridized carbons (Fsp3) is 0.150. The average Bonchev–Trinajstić information content (AvgIpc) is 3.03. The zero-order chi connectivity index (χ0) is 20.0. The first-order valence-electron chi connectivity index (χ1n) is 8.55. The molecule has 0 radical (unpaired) electrons. The van der Waals surface area contributed by atoms with Gasteiger partial charge in [0.2, 0.25) is 0 Å². The minimum Gasteiger partial charge on any atom is -0.478 e. The molecule has 0 aromatic heterocycles. The maximum atomic E-state index is 13.2. The first kappa shape index (κ1) is 18.1. The van der Waals surface area contributed by atoms with Crippen LogP contribution in [0.25, 0.3) is 0 Å². The standard InChI is InChI=1S/C20H16ClN3O4/c1-23-15-10-24(14-8-4-12(5-9-14)19(26)27)18(25)16(15)17(22-20(23)28)11-2-6-13(21)7-3-11/h2-9,17H,10H2,1H3,(H,22,28)(H,26,27). The molecule has 2 aromatic rings. The van der Waals surface area contributed by atoms with Crippen LogP contribution in [0.4, 0.5) is 10.5 Å². The van der Waals surface area contributed by atoms with Gasteiger partial charge in [0.05, 0.1) is 29.4 Å². The van der Waals surface area contributed by atoms with Gasteiger partial charge >= 0.3 is 12.0 Å². The molecule has 0 spiro atoms. The van der Waals surface area contributed by atoms with Crippen LogP contribution >= 0.6 is 11.6 Å². The smallest absolute Gasteiger partial charge is 0.335 e. The van der Waals surface area contributed by atoms with Crippen LogP contribution in [0.15, 0.2) is 59.8 Å². The zero-order valence-electron chi connectivity index (χ0n) is 14.8. The van der Waals surface area contributed by atoms with Gasteiger partial charge < -0.3 is 15.3 Å². The average molecular weight is 398 g/mol. The number of carboxylic acid groups (broad SMARTS) is 1. The van der Waals surface area contributed by atoms with E-state index in [1.165, 1.54) is 21.9 Å². The van der Waals surface area contributed by atoms with Gasteiger partial charge in [0, 0.05) is 17.8 Å². The fourth-order valence-corrected chi connectivity index (χ4v) is 3.59. The highest BCUT2D eigenvalue weighted by Gasteiger charge is 2.43. The van der Waals surface area contributed by atoms with Crippen LogP contribution in [-0.2, 0) is 4.79 Å². The van der Waals surface area contributed by atoms with Crippen LogP contribution < -0.4 is 10.2 Å². The van der Waals surface area contributed by atoms with E-state index in [2.05, 4.69) is 5.32 Å². The molecule has 0 aliphatic carbocycles. The van der Waals surface area contributed by atoms with Gasteiger partial charge in [0.15, 0.2) is 0 Å². The second-order valence-corrected chi connectivity index (χ2v) is 7.03. The predicted molar refractivity (Wildman–Crippen MR) is 103 cm³/mol. The van der Waals surface area contributed by atoms with Gasteiger partial charge in [-0.05, 0) is 42.0 Å². The van der Waals surface area contributed by atoms with Gasteiger partial charge in [-0.2, -0.15) is 0 Å². The van der Waals surface area contributed by atoms with E-state index < -0.39 is 12.0 Å². The van der Waals surface area contributed by atoms with E-state index >= 15 is 0 Å². The van der Waals surface area contributed by atoms with Gasteiger partial charge in [-0.3, -0.25) is 9.69 Å². The summed E-state index contributed by atoms with van der Waals surface area (Å²) < 4.78 is 0. The number of hydrogen-bond donors (Lipinski definition) is 2. The normalized spacial score (nSPS) is 19.0. The number of nitrogens with zero attached hydrogens (tertiary/aromatic N) is 2. The van der Waals surface area contributed by atoms with Crippen molar-refractivity contribution in [2.24, 2.45) is 0 Å². The Bertz CT molecular complexity index is 1010. The van der Waals surface area contributed by atoms with Crippen LogP contribution in [0.2, 0.25) is 5.02 Å². The number of nitrogens with one attached hydrogen (secondary N) is 1. The number of aromatic carboxylic acids is 1. The molecule has 2 aromatic carbocycles. The SMILES string of the molecule is CN1C(=O)NC(c2ccc(Cl)cc2)C2=C1CN(c1ccc(C(=O)O)cc1)C2=O. The van der Waals surface area contributed by atoms with Crippen molar-refractivity contribution in [3.63, 3.8) is 0 Å². The summed E-state index contributed by atoms with van der Waals surface area (Å²) in [4.78, 5) is 39.7. The van der Waals surface area contributed by atoms with Crippen LogP contribution in [0.5, 0.6) is 0 Å². The van der Waals surface area contributed by atoms with E-state index in [0.29, 0.717) is 22.0 Å². The molecule has 3 amide bonds. The van der Waals surface area contributed by atoms with Crippen molar-refractivity contribution in [2.75, 3.05) is 18.5 Å². The summed E-state index contributed by atoms with van der Waals surface area (Å²) >= 11 is 5.96. The van der Waals surface area contributed by atoms with Crippen molar-refractivity contribution in [2.45, 2.75) is 6.04 Å². The van der Waals surface area contributed by atoms with E-state index in [9.17, 15) is 14.4 Å². The second-order valence-electron chi connectivity index (χ2n) is 6.60. The lowest BCUT2D eigenvalue weighted by atomic mass is 9.96. The van der Waals surface area contributed by atoms with Gasteiger partial charge in [0.1, 0.15) is 0 Å². The molecular weight excluding hydrogens is 382 g/mol. The lowest BCUT2D eigenvalue weighted by molar-refractivity contribution is -0.114. The Morgan fingerprint density at radius 3 is 2.36 bits per heavy atom. The molecule has 2 aliphatic heterocycles. The van der Waals surface area contributed by atoms with Gasteiger partial charge in [-0.15, -0.1) is 0 Å². The van der Waals surface area contributed by atoms with E-state index in [1.807, 2.05) is 0 Å². The summed E-state index contributed by atoms with van der Waals surface area (Å²) in [5, 5.41) is 12.5. The highest BCUT2D eigenvalue weighted by Crippen LogP contribution is 2.37. The summed E-state index contributed by atoms with van der Waals surface area (Å²) in [6.45, 7) is 0.231. The minimum absolute atomic E-state index is 0.140. The van der Waals surface area contributed by atoms with Gasteiger partial charge in [-0.25, -0.2) is 9.59 Å².